The third-order valence-electron chi connectivity index (χ3n) is 4.24. The summed E-state index contributed by atoms with van der Waals surface area (Å²) in [7, 11) is 0. The maximum Gasteiger partial charge on any atom is 0.686 e. The number of ketones is 2. The molecule has 0 radical (unpaired) electrons. The van der Waals surface area contributed by atoms with Crippen LogP contribution in [-0.4, -0.2) is 21.2 Å². The van der Waals surface area contributed by atoms with E-state index in [-0.39, 0.29) is 0 Å². The van der Waals surface area contributed by atoms with Gasteiger partial charge in [-0.15, -0.1) is 0 Å². The van der Waals surface area contributed by atoms with E-state index in [0.29, 0.717) is 18.0 Å². The zero-order valence-electron chi connectivity index (χ0n) is 14.8. The maximum atomic E-state index is 7.60. The third kappa shape index (κ3) is 2.21. The van der Waals surface area contributed by atoms with Crippen LogP contribution in [0.5, 0.6) is 0 Å². The zero-order valence-corrected chi connectivity index (χ0v) is 13.6. The van der Waals surface area contributed by atoms with Gasteiger partial charge >= 0.3 is 14.4 Å². The molecule has 2 aliphatic heterocycles. The van der Waals surface area contributed by atoms with Crippen LogP contribution < -0.4 is 0 Å². The van der Waals surface area contributed by atoms with Gasteiger partial charge in [-0.1, -0.05) is 23.9 Å². The van der Waals surface area contributed by atoms with E-state index in [2.05, 4.69) is 0 Å². The first-order valence-electron chi connectivity index (χ1n) is 8.23. The Balaban J connectivity index is 2.06. The van der Waals surface area contributed by atoms with Crippen molar-refractivity contribution in [2.45, 2.75) is 20.3 Å². The Bertz CT molecular complexity index is 910. The molecule has 3 nitrogen and oxygen atoms in total. The zero-order chi connectivity index (χ0) is 17.6. The predicted molar refractivity (Wildman–Crippen MR) is 95.5 cm³/mol. The van der Waals surface area contributed by atoms with Gasteiger partial charge in [0.15, 0.2) is 0 Å². The number of rotatable bonds is 0. The number of aryl methyl sites for hydroxylation is 2. The Morgan fingerprint density at radius 2 is 1.48 bits per heavy atom. The monoisotopic (exact) mass is 326 g/mol. The highest BCUT2D eigenvalue weighted by molar-refractivity contribution is 8.08. The summed E-state index contributed by atoms with van der Waals surface area (Å²) in [6.45, 7) is 3.84. The highest BCUT2D eigenvalue weighted by Crippen LogP contribution is 2.42. The molecule has 0 atom stereocenters. The first-order chi connectivity index (χ1) is 12.1. The molecule has 4 bridgehead atoms. The fourth-order valence-electron chi connectivity index (χ4n) is 3.04. The Kier molecular flexibility index (Phi) is 2.69. The first-order valence-corrected chi connectivity index (χ1v) is 8.23. The quantitative estimate of drug-likeness (QED) is 0.670. The Morgan fingerprint density at radius 1 is 0.957 bits per heavy atom. The van der Waals surface area contributed by atoms with Crippen LogP contribution in [0.3, 0.4) is 0 Å². The van der Waals surface area contributed by atoms with Crippen molar-refractivity contribution in [1.82, 2.24) is 0 Å². The summed E-state index contributed by atoms with van der Waals surface area (Å²) in [6.07, 6.45) is 12.2. The van der Waals surface area contributed by atoms with Crippen molar-refractivity contribution in [3.63, 3.8) is 0 Å². The van der Waals surface area contributed by atoms with Crippen molar-refractivity contribution < 1.29 is 16.9 Å². The van der Waals surface area contributed by atoms with Gasteiger partial charge in [0.2, 0.25) is 0 Å². The molecule has 4 rings (SSSR count). The lowest BCUT2D eigenvalue weighted by Gasteiger charge is -2.10. The number of thioether (sulfide) groups is 1. The molecule has 0 saturated carbocycles. The number of allylic oxidation sites excluding steroid dienone is 8. The van der Waals surface area contributed by atoms with E-state index in [1.807, 2.05) is 50.3 Å². The molecule has 0 spiro atoms. The van der Waals surface area contributed by atoms with Crippen LogP contribution in [-0.2, 0) is 0 Å². The topological polar surface area (TPSA) is 55.9 Å². The lowest BCUT2D eigenvalue weighted by molar-refractivity contribution is 0.503. The van der Waals surface area contributed by atoms with Crippen molar-refractivity contribution in [3.8, 4) is 0 Å². The second kappa shape index (κ2) is 5.10. The lowest BCUT2D eigenvalue weighted by Crippen LogP contribution is -2.15. The normalized spacial score (nSPS) is 24.3. The highest BCUT2D eigenvalue weighted by atomic mass is 32.2. The van der Waals surface area contributed by atoms with Gasteiger partial charge in [-0.3, -0.25) is 9.59 Å². The second-order valence-corrected chi connectivity index (χ2v) is 6.85. The van der Waals surface area contributed by atoms with Gasteiger partial charge in [0.25, 0.3) is 0 Å². The molecule has 2 N–H and O–H groups in total. The van der Waals surface area contributed by atoms with Crippen LogP contribution in [0.25, 0.3) is 12.2 Å². The number of hydrogen-bond acceptors (Lipinski definition) is 2. The minimum atomic E-state index is 0.517. The minimum absolute atomic E-state index is 0.517. The van der Waals surface area contributed by atoms with E-state index < -0.39 is 0 Å². The van der Waals surface area contributed by atoms with Crippen molar-refractivity contribution in [3.05, 3.63) is 67.9 Å². The van der Waals surface area contributed by atoms with Crippen LogP contribution in [0.15, 0.2) is 49.7 Å². The van der Waals surface area contributed by atoms with Crippen molar-refractivity contribution >= 4 is 35.5 Å². The number of carbonyl (C=O) groups excluding carboxylic acids is 2. The van der Waals surface area contributed by atoms with Crippen molar-refractivity contribution in [2.75, 3.05) is 0 Å². The number of hydrogen-bond donors (Lipinski definition) is 0. The van der Waals surface area contributed by atoms with E-state index in [9.17, 15) is 0 Å². The van der Waals surface area contributed by atoms with Gasteiger partial charge in [0.1, 0.15) is 21.3 Å². The summed E-state index contributed by atoms with van der Waals surface area (Å²) < 4.78 is 21.0. The summed E-state index contributed by atoms with van der Waals surface area (Å²) in [6, 6.07) is 0. The molecule has 1 aliphatic carbocycles. The van der Waals surface area contributed by atoms with Gasteiger partial charge in [-0.05, 0) is 38.2 Å². The molecule has 114 valence electrons. The van der Waals surface area contributed by atoms with Crippen LogP contribution in [0, 0.1) is 13.8 Å². The molecular weight excluding hydrogens is 308 g/mol. The Labute approximate surface area is 141 Å². The van der Waals surface area contributed by atoms with Crippen molar-refractivity contribution in [2.24, 2.45) is 0 Å². The second-order valence-electron chi connectivity index (χ2n) is 5.76. The van der Waals surface area contributed by atoms with Gasteiger partial charge in [0.05, 0.1) is 11.1 Å². The average molecular weight is 326 g/mol. The summed E-state index contributed by atoms with van der Waals surface area (Å²) >= 11 is 1.45. The molecule has 1 fully saturated rings. The minimum Gasteiger partial charge on any atom is -0.465 e. The van der Waals surface area contributed by atoms with Crippen LogP contribution in [0.2, 0.25) is 0 Å². The van der Waals surface area contributed by atoms with Crippen LogP contribution in [0.4, 0.5) is 0 Å². The van der Waals surface area contributed by atoms with Gasteiger partial charge in [0, 0.05) is 17.5 Å². The highest BCUT2D eigenvalue weighted by Gasteiger charge is 2.37. The number of fused-ring (bicyclic) bond motifs is 5. The van der Waals surface area contributed by atoms with E-state index in [4.69, 9.17) is 16.9 Å². The third-order valence-corrected chi connectivity index (χ3v) is 5.29. The van der Waals surface area contributed by atoms with E-state index >= 15 is 0 Å². The molecule has 3 heterocycles. The molecule has 23 heavy (non-hydrogen) atoms. The van der Waals surface area contributed by atoms with Crippen LogP contribution >= 0.6 is 11.8 Å². The van der Waals surface area contributed by atoms with Crippen LogP contribution in [0.1, 0.15) is 31.9 Å². The smallest absolute Gasteiger partial charge is 0.465 e. The van der Waals surface area contributed by atoms with E-state index in [0.717, 1.165) is 43.6 Å². The summed E-state index contributed by atoms with van der Waals surface area (Å²) in [5.74, 6) is 2.66. The molecule has 4 heteroatoms. The molecule has 0 amide bonds. The summed E-state index contributed by atoms with van der Waals surface area (Å²) in [5.41, 5.74) is 3.69. The maximum absolute atomic E-state index is 7.60. The molecular formula is C19H16O3S+2. The molecule has 0 aromatic carbocycles. The van der Waals surface area contributed by atoms with Gasteiger partial charge in [-0.2, -0.15) is 0 Å². The van der Waals surface area contributed by atoms with Gasteiger partial charge < -0.3 is 4.42 Å². The molecule has 1 saturated heterocycles. The Morgan fingerprint density at radius 3 is 1.96 bits per heavy atom. The molecule has 3 aliphatic rings. The molecule has 0 unspecified atom stereocenters. The predicted octanol–water partition coefficient (Wildman–Crippen LogP) is 4.24. The summed E-state index contributed by atoms with van der Waals surface area (Å²) in [4.78, 5) is 11.7. The largest absolute Gasteiger partial charge is 0.686 e. The van der Waals surface area contributed by atoms with Crippen molar-refractivity contribution in [1.29, 1.82) is 0 Å². The van der Waals surface area contributed by atoms with E-state index in [1.54, 1.807) is 0 Å². The number of furan rings is 1. The Hall–Kier alpha value is -2.33. The average Bonchev–Trinajstić information content (AvgIpc) is 2.83. The first kappa shape index (κ1) is 12.1. The summed E-state index contributed by atoms with van der Waals surface area (Å²) in [5, 5.41) is 0. The fourth-order valence-corrected chi connectivity index (χ4v) is 4.07. The molecule has 1 aromatic heterocycles. The molecule has 1 aromatic rings. The SMILES string of the molecule is [2H][O+]=C1C2=CC=CC=C(C2)C(=[O+][2H])C2=Cc3c(C)oc(C)c3C=C1S2. The van der Waals surface area contributed by atoms with E-state index in [1.165, 1.54) is 11.8 Å². The standard InChI is InChI=1S/C19H14O3S/c1-10-14-8-16-18(20)12-5-3-4-6-13(7-12)19(21)17(23-16)9-15(14)11(2)22-10/h3-6,8-9H,7H2,1-2H3/p+2/i/hD2. The fraction of sp³-hybridized carbons (Fsp3) is 0.158. The lowest BCUT2D eigenvalue weighted by atomic mass is 9.98. The van der Waals surface area contributed by atoms with Gasteiger partial charge in [-0.25, -0.2) is 0 Å².